The molecule has 0 radical (unpaired) electrons. The lowest BCUT2D eigenvalue weighted by Crippen LogP contribution is -2.16. The van der Waals surface area contributed by atoms with Gasteiger partial charge < -0.3 is 0 Å². The van der Waals surface area contributed by atoms with E-state index < -0.39 is 20.7 Å². The van der Waals surface area contributed by atoms with Gasteiger partial charge in [-0.2, -0.15) is 0 Å². The van der Waals surface area contributed by atoms with E-state index in [9.17, 15) is 17.6 Å². The summed E-state index contributed by atoms with van der Waals surface area (Å²) in [6, 6.07) is 10.0. The molecule has 21 heavy (non-hydrogen) atoms. The van der Waals surface area contributed by atoms with Gasteiger partial charge in [0.2, 0.25) is 0 Å². The van der Waals surface area contributed by atoms with E-state index in [-0.39, 0.29) is 17.0 Å². The number of ketones is 1. The molecule has 4 nitrogen and oxygen atoms in total. The molecule has 6 heteroatoms. The number of aryl methyl sites for hydroxylation is 1. The van der Waals surface area contributed by atoms with Crippen molar-refractivity contribution in [3.63, 3.8) is 0 Å². The van der Waals surface area contributed by atoms with E-state index in [0.717, 1.165) is 6.07 Å². The summed E-state index contributed by atoms with van der Waals surface area (Å²) in [6.45, 7) is 3.00. The molecule has 2 aromatic carbocycles. The highest BCUT2D eigenvalue weighted by molar-refractivity contribution is 7.92. The zero-order valence-corrected chi connectivity index (χ0v) is 12.4. The van der Waals surface area contributed by atoms with Crippen LogP contribution < -0.4 is 4.72 Å². The van der Waals surface area contributed by atoms with Crippen molar-refractivity contribution in [1.29, 1.82) is 0 Å². The number of hydrogen-bond donors (Lipinski definition) is 1. The average molecular weight is 307 g/mol. The molecule has 1 N–H and O–H groups in total. The lowest BCUT2D eigenvalue weighted by molar-refractivity contribution is 0.101. The zero-order valence-electron chi connectivity index (χ0n) is 11.6. The van der Waals surface area contributed by atoms with E-state index in [4.69, 9.17) is 0 Å². The molecular weight excluding hydrogens is 293 g/mol. The van der Waals surface area contributed by atoms with Gasteiger partial charge in [-0.1, -0.05) is 18.2 Å². The highest BCUT2D eigenvalue weighted by atomic mass is 32.2. The minimum Gasteiger partial charge on any atom is -0.294 e. The number of sulfonamides is 1. The summed E-state index contributed by atoms with van der Waals surface area (Å²) in [5, 5.41) is 0. The molecule has 2 aromatic rings. The minimum absolute atomic E-state index is 0.130. The summed E-state index contributed by atoms with van der Waals surface area (Å²) < 4.78 is 40.6. The molecule has 0 fully saturated rings. The van der Waals surface area contributed by atoms with E-state index in [0.29, 0.717) is 5.56 Å². The molecule has 0 aliphatic heterocycles. The van der Waals surface area contributed by atoms with Gasteiger partial charge in [0.05, 0.1) is 5.69 Å². The highest BCUT2D eigenvalue weighted by Gasteiger charge is 2.21. The van der Waals surface area contributed by atoms with Crippen molar-refractivity contribution in [2.45, 2.75) is 18.7 Å². The summed E-state index contributed by atoms with van der Waals surface area (Å²) in [5.41, 5.74) is 0.983. The van der Waals surface area contributed by atoms with Gasteiger partial charge in [-0.15, -0.1) is 0 Å². The molecule has 0 saturated carbocycles. The fraction of sp³-hybridized carbons (Fsp3) is 0.133. The third-order valence-electron chi connectivity index (χ3n) is 2.93. The minimum atomic E-state index is -4.10. The fourth-order valence-corrected chi connectivity index (χ4v) is 3.14. The van der Waals surface area contributed by atoms with Crippen LogP contribution in [0.5, 0.6) is 0 Å². The third-order valence-corrected chi connectivity index (χ3v) is 4.31. The molecule has 0 amide bonds. The second kappa shape index (κ2) is 5.65. The maximum atomic E-state index is 13.7. The number of rotatable bonds is 4. The number of Topliss-reactive ketones (excluding diaryl/α,β-unsaturated/α-hetero) is 1. The van der Waals surface area contributed by atoms with Crippen molar-refractivity contribution < 1.29 is 17.6 Å². The molecule has 0 aliphatic carbocycles. The Morgan fingerprint density at radius 1 is 1.14 bits per heavy atom. The summed E-state index contributed by atoms with van der Waals surface area (Å²) >= 11 is 0. The molecule has 0 bridgehead atoms. The Balaban J connectivity index is 2.48. The summed E-state index contributed by atoms with van der Waals surface area (Å²) in [7, 11) is -4.10. The first-order chi connectivity index (χ1) is 9.81. The maximum Gasteiger partial charge on any atom is 0.264 e. The van der Waals surface area contributed by atoms with Crippen LogP contribution in [0.2, 0.25) is 0 Å². The van der Waals surface area contributed by atoms with Crippen LogP contribution in [0.1, 0.15) is 22.8 Å². The summed E-state index contributed by atoms with van der Waals surface area (Å²) in [6.07, 6.45) is 0. The Labute approximate surface area is 122 Å². The number of para-hydroxylation sites is 1. The first kappa shape index (κ1) is 15.2. The Morgan fingerprint density at radius 3 is 2.48 bits per heavy atom. The molecule has 0 aromatic heterocycles. The predicted molar refractivity (Wildman–Crippen MR) is 78.4 cm³/mol. The average Bonchev–Trinajstić information content (AvgIpc) is 2.41. The van der Waals surface area contributed by atoms with Gasteiger partial charge in [-0.05, 0) is 43.7 Å². The van der Waals surface area contributed by atoms with Gasteiger partial charge in [0.1, 0.15) is 10.7 Å². The summed E-state index contributed by atoms with van der Waals surface area (Å²) in [4.78, 5) is 11.1. The van der Waals surface area contributed by atoms with Gasteiger partial charge in [-0.3, -0.25) is 9.52 Å². The van der Waals surface area contributed by atoms with Gasteiger partial charge >= 0.3 is 0 Å². The Bertz CT molecular complexity index is 800. The van der Waals surface area contributed by atoms with E-state index in [2.05, 4.69) is 4.72 Å². The monoisotopic (exact) mass is 307 g/mol. The van der Waals surface area contributed by atoms with E-state index in [1.165, 1.54) is 31.2 Å². The maximum absolute atomic E-state index is 13.7. The SMILES string of the molecule is CC(=O)c1ccccc1NS(=O)(=O)c1cc(C)ccc1F. The van der Waals surface area contributed by atoms with Crippen molar-refractivity contribution in [1.82, 2.24) is 0 Å². The van der Waals surface area contributed by atoms with Crippen LogP contribution in [0.4, 0.5) is 10.1 Å². The van der Waals surface area contributed by atoms with Crippen molar-refractivity contribution in [2.24, 2.45) is 0 Å². The predicted octanol–water partition coefficient (Wildman–Crippen LogP) is 3.14. The number of anilines is 1. The highest BCUT2D eigenvalue weighted by Crippen LogP contribution is 2.22. The molecule has 110 valence electrons. The van der Waals surface area contributed by atoms with Crippen molar-refractivity contribution in [2.75, 3.05) is 4.72 Å². The summed E-state index contributed by atoms with van der Waals surface area (Å²) in [5.74, 6) is -1.12. The molecule has 0 aliphatic rings. The van der Waals surface area contributed by atoms with Crippen LogP contribution in [0.25, 0.3) is 0 Å². The normalized spacial score (nSPS) is 11.2. The van der Waals surface area contributed by atoms with Crippen LogP contribution >= 0.6 is 0 Å². The van der Waals surface area contributed by atoms with Gasteiger partial charge in [0.25, 0.3) is 10.0 Å². The van der Waals surface area contributed by atoms with E-state index >= 15 is 0 Å². The first-order valence-electron chi connectivity index (χ1n) is 6.20. The first-order valence-corrected chi connectivity index (χ1v) is 7.68. The van der Waals surface area contributed by atoms with Crippen LogP contribution in [-0.4, -0.2) is 14.2 Å². The Morgan fingerprint density at radius 2 is 1.81 bits per heavy atom. The number of nitrogens with one attached hydrogen (secondary N) is 1. The fourth-order valence-electron chi connectivity index (χ4n) is 1.90. The number of hydrogen-bond acceptors (Lipinski definition) is 3. The quantitative estimate of drug-likeness (QED) is 0.883. The lowest BCUT2D eigenvalue weighted by atomic mass is 10.1. The van der Waals surface area contributed by atoms with Crippen LogP contribution in [0, 0.1) is 12.7 Å². The van der Waals surface area contributed by atoms with Crippen molar-refractivity contribution >= 4 is 21.5 Å². The Hall–Kier alpha value is -2.21. The van der Waals surface area contributed by atoms with Crippen LogP contribution in [0.15, 0.2) is 47.4 Å². The third kappa shape index (κ3) is 3.28. The van der Waals surface area contributed by atoms with Crippen molar-refractivity contribution in [3.05, 3.63) is 59.4 Å². The second-order valence-electron chi connectivity index (χ2n) is 4.64. The second-order valence-corrected chi connectivity index (χ2v) is 6.29. The molecule has 0 saturated heterocycles. The van der Waals surface area contributed by atoms with Gasteiger partial charge in [0, 0.05) is 5.56 Å². The van der Waals surface area contributed by atoms with Gasteiger partial charge in [-0.25, -0.2) is 12.8 Å². The van der Waals surface area contributed by atoms with E-state index in [1.54, 1.807) is 19.1 Å². The van der Waals surface area contributed by atoms with Crippen LogP contribution in [0.3, 0.4) is 0 Å². The molecule has 0 spiro atoms. The standard InChI is InChI=1S/C15H14FNO3S/c1-10-7-8-13(16)15(9-10)21(19,20)17-14-6-4-3-5-12(14)11(2)18/h3-9,17H,1-2H3. The number of halogens is 1. The lowest BCUT2D eigenvalue weighted by Gasteiger charge is -2.12. The number of carbonyl (C=O) groups is 1. The molecule has 0 unspecified atom stereocenters. The molecular formula is C15H14FNO3S. The number of carbonyl (C=O) groups excluding carboxylic acids is 1. The Kier molecular flexibility index (Phi) is 4.09. The zero-order chi connectivity index (χ0) is 15.6. The molecule has 2 rings (SSSR count). The topological polar surface area (TPSA) is 63.2 Å². The number of benzene rings is 2. The molecule has 0 atom stereocenters. The van der Waals surface area contributed by atoms with Crippen LogP contribution in [-0.2, 0) is 10.0 Å². The van der Waals surface area contributed by atoms with Crippen molar-refractivity contribution in [3.8, 4) is 0 Å². The smallest absolute Gasteiger partial charge is 0.264 e. The largest absolute Gasteiger partial charge is 0.294 e. The van der Waals surface area contributed by atoms with E-state index in [1.807, 2.05) is 0 Å². The molecule has 0 heterocycles. The van der Waals surface area contributed by atoms with Gasteiger partial charge in [0.15, 0.2) is 5.78 Å².